The quantitative estimate of drug-likeness (QED) is 0.802. The average molecular weight is 295 g/mol. The van der Waals surface area contributed by atoms with E-state index in [1.807, 2.05) is 18.2 Å². The number of nitrogens with zero attached hydrogens (tertiary/aromatic N) is 1. The molecule has 0 amide bonds. The molecule has 0 bridgehead atoms. The van der Waals surface area contributed by atoms with E-state index in [1.54, 1.807) is 6.07 Å². The van der Waals surface area contributed by atoms with Crippen molar-refractivity contribution in [3.8, 4) is 17.2 Å². The highest BCUT2D eigenvalue weighted by molar-refractivity contribution is 5.63. The van der Waals surface area contributed by atoms with Crippen LogP contribution in [0.5, 0.6) is 17.2 Å². The van der Waals surface area contributed by atoms with Crippen molar-refractivity contribution in [1.29, 1.82) is 0 Å². The molecule has 0 radical (unpaired) electrons. The molecule has 2 heterocycles. The van der Waals surface area contributed by atoms with Crippen LogP contribution in [-0.4, -0.2) is 30.1 Å². The first-order valence-electron chi connectivity index (χ1n) is 7.91. The second-order valence-electron chi connectivity index (χ2n) is 6.59. The molecule has 1 fully saturated rings. The number of aromatic hydroxyl groups is 1. The van der Waals surface area contributed by atoms with Gasteiger partial charge in [-0.3, -0.25) is 0 Å². The van der Waals surface area contributed by atoms with Crippen LogP contribution in [0.4, 0.5) is 0 Å². The lowest BCUT2D eigenvalue weighted by molar-refractivity contribution is 0.200. The molecule has 2 aliphatic rings. The highest BCUT2D eigenvalue weighted by Gasteiger charge is 2.45. The number of para-hydroxylation sites is 1. The van der Waals surface area contributed by atoms with Gasteiger partial charge in [0.15, 0.2) is 11.5 Å². The minimum atomic E-state index is -0.0422. The fourth-order valence-corrected chi connectivity index (χ4v) is 4.11. The van der Waals surface area contributed by atoms with Crippen molar-refractivity contribution in [2.45, 2.75) is 25.2 Å². The summed E-state index contributed by atoms with van der Waals surface area (Å²) in [5, 5.41) is 10.3. The second kappa shape index (κ2) is 4.75. The van der Waals surface area contributed by atoms with E-state index >= 15 is 0 Å². The molecule has 0 unspecified atom stereocenters. The zero-order valence-corrected chi connectivity index (χ0v) is 13.1. The smallest absolute Gasteiger partial charge is 0.173 e. The molecule has 0 saturated carbocycles. The Balaban J connectivity index is 1.99. The van der Waals surface area contributed by atoms with E-state index in [0.717, 1.165) is 37.2 Å². The Labute approximate surface area is 131 Å². The first kappa shape index (κ1) is 13.6. The third-order valence-electron chi connectivity index (χ3n) is 5.28. The van der Waals surface area contributed by atoms with Crippen molar-refractivity contribution in [2.75, 3.05) is 20.1 Å². The molecular weight excluding hydrogens is 274 g/mol. The molecule has 22 heavy (non-hydrogen) atoms. The van der Waals surface area contributed by atoms with E-state index in [1.165, 1.54) is 11.1 Å². The summed E-state index contributed by atoms with van der Waals surface area (Å²) in [6, 6.07) is 12.0. The van der Waals surface area contributed by atoms with E-state index in [2.05, 4.69) is 31.0 Å². The third-order valence-corrected chi connectivity index (χ3v) is 5.28. The lowest BCUT2D eigenvalue weighted by Gasteiger charge is -2.46. The Bertz CT molecular complexity index is 730. The number of ether oxygens (including phenoxy) is 1. The fourth-order valence-electron chi connectivity index (χ4n) is 4.11. The van der Waals surface area contributed by atoms with Crippen LogP contribution in [0.25, 0.3) is 0 Å². The van der Waals surface area contributed by atoms with Gasteiger partial charge in [0, 0.05) is 16.5 Å². The number of rotatable bonds is 0. The highest BCUT2D eigenvalue weighted by Crippen LogP contribution is 2.56. The molecular formula is C19H21NO2. The Hall–Kier alpha value is -2.00. The zero-order valence-electron chi connectivity index (χ0n) is 13.1. The van der Waals surface area contributed by atoms with Crippen molar-refractivity contribution >= 4 is 0 Å². The number of phenols is 1. The molecule has 114 valence electrons. The summed E-state index contributed by atoms with van der Waals surface area (Å²) in [5.74, 6) is 1.78. The molecule has 0 aromatic heterocycles. The summed E-state index contributed by atoms with van der Waals surface area (Å²) in [4.78, 5) is 2.38. The van der Waals surface area contributed by atoms with Crippen LogP contribution in [-0.2, 0) is 5.41 Å². The van der Waals surface area contributed by atoms with Crippen molar-refractivity contribution in [2.24, 2.45) is 0 Å². The minimum Gasteiger partial charge on any atom is -0.504 e. The summed E-state index contributed by atoms with van der Waals surface area (Å²) in [7, 11) is 2.17. The predicted octanol–water partition coefficient (Wildman–Crippen LogP) is 3.82. The van der Waals surface area contributed by atoms with Gasteiger partial charge in [-0.2, -0.15) is 0 Å². The topological polar surface area (TPSA) is 32.7 Å². The Morgan fingerprint density at radius 2 is 1.82 bits per heavy atom. The number of phenolic OH excluding ortho intramolecular Hbond substituents is 1. The molecule has 0 aliphatic carbocycles. The number of fused-ring (bicyclic) bond motifs is 4. The van der Waals surface area contributed by atoms with E-state index in [0.29, 0.717) is 5.75 Å². The van der Waals surface area contributed by atoms with Crippen LogP contribution in [0.3, 0.4) is 0 Å². The van der Waals surface area contributed by atoms with E-state index in [4.69, 9.17) is 4.74 Å². The van der Waals surface area contributed by atoms with Gasteiger partial charge < -0.3 is 14.7 Å². The molecule has 1 spiro atoms. The van der Waals surface area contributed by atoms with Crippen LogP contribution in [0.2, 0.25) is 0 Å². The lowest BCUT2D eigenvalue weighted by Crippen LogP contribution is -2.43. The number of hydrogen-bond donors (Lipinski definition) is 1. The fraction of sp³-hybridized carbons (Fsp3) is 0.368. The van der Waals surface area contributed by atoms with Gasteiger partial charge in [-0.1, -0.05) is 24.3 Å². The molecule has 3 nitrogen and oxygen atoms in total. The molecule has 3 heteroatoms. The van der Waals surface area contributed by atoms with Crippen LogP contribution in [0.1, 0.15) is 29.5 Å². The molecule has 4 rings (SSSR count). The molecule has 2 aromatic rings. The largest absolute Gasteiger partial charge is 0.504 e. The molecule has 2 aliphatic heterocycles. The SMILES string of the molecule is Cc1cccc2c1C1(CCN(C)CC1)c1cccc(O)c1O2. The van der Waals surface area contributed by atoms with Crippen molar-refractivity contribution < 1.29 is 9.84 Å². The maximum Gasteiger partial charge on any atom is 0.173 e. The van der Waals surface area contributed by atoms with E-state index in [-0.39, 0.29) is 11.2 Å². The summed E-state index contributed by atoms with van der Waals surface area (Å²) in [6.45, 7) is 4.28. The van der Waals surface area contributed by atoms with E-state index in [9.17, 15) is 5.11 Å². The van der Waals surface area contributed by atoms with Gasteiger partial charge in [-0.05, 0) is 57.6 Å². The molecule has 0 atom stereocenters. The zero-order chi connectivity index (χ0) is 15.3. The van der Waals surface area contributed by atoms with Crippen LogP contribution < -0.4 is 4.74 Å². The molecule has 1 saturated heterocycles. The average Bonchev–Trinajstić information content (AvgIpc) is 2.51. The van der Waals surface area contributed by atoms with Gasteiger partial charge in [0.05, 0.1) is 0 Å². The standard InChI is InChI=1S/C19H21NO2/c1-13-5-3-8-16-17(13)19(9-11-20(2)12-10-19)14-6-4-7-15(21)18(14)22-16/h3-8,21H,9-12H2,1-2H3. The maximum atomic E-state index is 10.3. The van der Waals surface area contributed by atoms with Gasteiger partial charge in [0.25, 0.3) is 0 Å². The molecule has 2 aromatic carbocycles. The van der Waals surface area contributed by atoms with Gasteiger partial charge in [-0.25, -0.2) is 0 Å². The summed E-state index contributed by atoms with van der Waals surface area (Å²) in [5.41, 5.74) is 3.68. The van der Waals surface area contributed by atoms with Crippen LogP contribution in [0, 0.1) is 6.92 Å². The Morgan fingerprint density at radius 1 is 1.09 bits per heavy atom. The predicted molar refractivity (Wildman–Crippen MR) is 86.9 cm³/mol. The third kappa shape index (κ3) is 1.78. The maximum absolute atomic E-state index is 10.3. The van der Waals surface area contributed by atoms with Crippen molar-refractivity contribution in [3.63, 3.8) is 0 Å². The Morgan fingerprint density at radius 3 is 2.59 bits per heavy atom. The highest BCUT2D eigenvalue weighted by atomic mass is 16.5. The number of piperidine rings is 1. The number of aryl methyl sites for hydroxylation is 1. The van der Waals surface area contributed by atoms with Gasteiger partial charge in [-0.15, -0.1) is 0 Å². The van der Waals surface area contributed by atoms with Gasteiger partial charge in [0.1, 0.15) is 5.75 Å². The number of benzene rings is 2. The summed E-state index contributed by atoms with van der Waals surface area (Å²) < 4.78 is 6.08. The minimum absolute atomic E-state index is 0.0422. The van der Waals surface area contributed by atoms with E-state index < -0.39 is 0 Å². The Kier molecular flexibility index (Phi) is 2.95. The first-order valence-corrected chi connectivity index (χ1v) is 7.91. The summed E-state index contributed by atoms with van der Waals surface area (Å²) in [6.07, 6.45) is 2.11. The monoisotopic (exact) mass is 295 g/mol. The summed E-state index contributed by atoms with van der Waals surface area (Å²) >= 11 is 0. The molecule has 1 N–H and O–H groups in total. The second-order valence-corrected chi connectivity index (χ2v) is 6.59. The normalized spacial score (nSPS) is 19.4. The lowest BCUT2D eigenvalue weighted by atomic mass is 9.65. The van der Waals surface area contributed by atoms with Crippen molar-refractivity contribution in [3.05, 3.63) is 53.1 Å². The van der Waals surface area contributed by atoms with Gasteiger partial charge in [0.2, 0.25) is 0 Å². The van der Waals surface area contributed by atoms with Crippen molar-refractivity contribution in [1.82, 2.24) is 4.90 Å². The van der Waals surface area contributed by atoms with Gasteiger partial charge >= 0.3 is 0 Å². The number of hydrogen-bond acceptors (Lipinski definition) is 3. The first-order chi connectivity index (χ1) is 10.6. The van der Waals surface area contributed by atoms with Crippen LogP contribution in [0.15, 0.2) is 36.4 Å². The number of likely N-dealkylation sites (tertiary alicyclic amines) is 1. The van der Waals surface area contributed by atoms with Crippen LogP contribution >= 0.6 is 0 Å².